The summed E-state index contributed by atoms with van der Waals surface area (Å²) in [7, 11) is 0. The molecule has 0 fully saturated rings. The Morgan fingerprint density at radius 3 is 2.28 bits per heavy atom. The predicted molar refractivity (Wildman–Crippen MR) is 129 cm³/mol. The van der Waals surface area contributed by atoms with E-state index in [0.29, 0.717) is 6.92 Å². The van der Waals surface area contributed by atoms with Crippen molar-refractivity contribution in [3.05, 3.63) is 57.7 Å². The van der Waals surface area contributed by atoms with E-state index in [9.17, 15) is 31.5 Å². The van der Waals surface area contributed by atoms with Crippen molar-refractivity contribution in [2.24, 2.45) is 5.41 Å². The van der Waals surface area contributed by atoms with Gasteiger partial charge in [-0.1, -0.05) is 48.8 Å². The van der Waals surface area contributed by atoms with Crippen molar-refractivity contribution in [3.63, 3.8) is 0 Å². The Bertz CT molecular complexity index is 1360. The number of alkyl halides is 4. The number of halogens is 6. The van der Waals surface area contributed by atoms with Crippen LogP contribution in [0.1, 0.15) is 75.5 Å². The maximum Gasteiger partial charge on any atom is 0.312 e. The van der Waals surface area contributed by atoms with Crippen LogP contribution >= 0.6 is 11.6 Å². The topological polar surface area (TPSA) is 106 Å². The van der Waals surface area contributed by atoms with E-state index < -0.39 is 88.5 Å². The molecule has 1 N–H and O–H groups in total. The molecule has 13 heteroatoms. The molecule has 1 atom stereocenters. The van der Waals surface area contributed by atoms with Crippen molar-refractivity contribution in [1.82, 2.24) is 10.3 Å². The first kappa shape index (κ1) is 30.3. The first-order valence-corrected chi connectivity index (χ1v) is 12.2. The molecule has 39 heavy (non-hydrogen) atoms. The monoisotopic (exact) mass is 576 g/mol. The lowest BCUT2D eigenvalue weighted by Gasteiger charge is -2.27. The number of carbonyl (C=O) groups is 2. The molecule has 2 aromatic heterocycles. The smallest absolute Gasteiger partial charge is 0.312 e. The van der Waals surface area contributed by atoms with Gasteiger partial charge in [-0.2, -0.15) is 8.78 Å². The zero-order valence-corrected chi connectivity index (χ0v) is 22.2. The van der Waals surface area contributed by atoms with Gasteiger partial charge in [-0.3, -0.25) is 9.59 Å². The summed E-state index contributed by atoms with van der Waals surface area (Å²) >= 11 is 5.73. The Hall–Kier alpha value is -3.28. The van der Waals surface area contributed by atoms with E-state index in [-0.39, 0.29) is 17.0 Å². The average molecular weight is 577 g/mol. The maximum atomic E-state index is 14.9. The van der Waals surface area contributed by atoms with Gasteiger partial charge in [0.05, 0.1) is 11.3 Å². The highest BCUT2D eigenvalue weighted by molar-refractivity contribution is 6.30. The van der Waals surface area contributed by atoms with Crippen LogP contribution in [0, 0.1) is 11.2 Å². The van der Waals surface area contributed by atoms with Crippen LogP contribution in [-0.4, -0.2) is 27.2 Å². The molecule has 0 unspecified atom stereocenters. The molecule has 2 heterocycles. The first-order chi connectivity index (χ1) is 17.9. The number of carboxylic acids is 1. The van der Waals surface area contributed by atoms with Gasteiger partial charge in [-0.25, -0.2) is 13.2 Å². The van der Waals surface area contributed by atoms with Gasteiger partial charge in [0, 0.05) is 48.6 Å². The number of hydrogen-bond donors (Lipinski definition) is 1. The molecule has 0 spiro atoms. The summed E-state index contributed by atoms with van der Waals surface area (Å²) in [4.78, 5) is 24.1. The van der Waals surface area contributed by atoms with Crippen molar-refractivity contribution in [3.8, 4) is 11.5 Å². The molecule has 212 valence electrons. The van der Waals surface area contributed by atoms with E-state index in [1.165, 1.54) is 32.9 Å². The van der Waals surface area contributed by atoms with E-state index in [1.54, 1.807) is 0 Å². The summed E-state index contributed by atoms with van der Waals surface area (Å²) in [6.07, 6.45) is -1.68. The third kappa shape index (κ3) is 6.84. The van der Waals surface area contributed by atoms with Crippen LogP contribution in [0.15, 0.2) is 33.3 Å². The van der Waals surface area contributed by atoms with Gasteiger partial charge < -0.3 is 14.2 Å². The summed E-state index contributed by atoms with van der Waals surface area (Å²) in [6.45, 7) is 4.28. The van der Waals surface area contributed by atoms with Crippen LogP contribution in [0.4, 0.5) is 22.0 Å². The Kier molecular flexibility index (Phi) is 8.59. The number of aromatic nitrogens is 2. The molecule has 3 aromatic rings. The number of carboxylic acid groups (broad SMARTS) is 1. The van der Waals surface area contributed by atoms with E-state index in [2.05, 4.69) is 10.3 Å². The number of ketones is 1. The van der Waals surface area contributed by atoms with Crippen LogP contribution in [0.2, 0.25) is 5.02 Å². The fraction of sp³-hybridized carbons (Fsp3) is 0.462. The summed E-state index contributed by atoms with van der Waals surface area (Å²) in [6, 6.07) is 4.47. The quantitative estimate of drug-likeness (QED) is 0.235. The van der Waals surface area contributed by atoms with Gasteiger partial charge >= 0.3 is 11.9 Å². The van der Waals surface area contributed by atoms with E-state index in [1.807, 2.05) is 0 Å². The lowest BCUT2D eigenvalue weighted by atomic mass is 9.86. The second-order valence-electron chi connectivity index (χ2n) is 10.3. The third-order valence-electron chi connectivity index (χ3n) is 6.12. The number of aliphatic carboxylic acids is 1. The number of benzene rings is 1. The molecule has 0 radical (unpaired) electrons. The summed E-state index contributed by atoms with van der Waals surface area (Å²) in [5.41, 5.74) is -3.33. The summed E-state index contributed by atoms with van der Waals surface area (Å²) in [5, 5.41) is 16.5. The lowest BCUT2D eigenvalue weighted by Crippen LogP contribution is -2.30. The Morgan fingerprint density at radius 1 is 1.05 bits per heavy atom. The largest absolute Gasteiger partial charge is 0.481 e. The molecule has 7 nitrogen and oxygen atoms in total. The Balaban J connectivity index is 2.01. The molecule has 0 saturated heterocycles. The predicted octanol–water partition coefficient (Wildman–Crippen LogP) is 7.52. The van der Waals surface area contributed by atoms with Crippen LogP contribution < -0.4 is 0 Å². The van der Waals surface area contributed by atoms with Crippen molar-refractivity contribution >= 4 is 23.4 Å². The van der Waals surface area contributed by atoms with Gasteiger partial charge in [0.1, 0.15) is 11.6 Å². The summed E-state index contributed by atoms with van der Waals surface area (Å²) in [5.74, 6) is -12.5. The molecule has 0 amide bonds. The molecule has 3 rings (SSSR count). The first-order valence-electron chi connectivity index (χ1n) is 11.8. The van der Waals surface area contributed by atoms with Crippen LogP contribution in [0.3, 0.4) is 0 Å². The van der Waals surface area contributed by atoms with Gasteiger partial charge in [0.25, 0.3) is 5.92 Å². The van der Waals surface area contributed by atoms with Gasteiger partial charge in [0.15, 0.2) is 11.5 Å². The number of rotatable bonds is 11. The Morgan fingerprint density at radius 2 is 1.72 bits per heavy atom. The SMILES string of the molecule is CC(F)(F)c1c([C@@H](CCC(=O)O)CC(=O)Cc2ccc(Cl)cc2F)noc1-c1cc(C(F)(F)C(C)(C)C)on1. The number of Topliss-reactive ketones (excluding diaryl/α,β-unsaturated/α-hetero) is 1. The molecule has 0 aliphatic carbocycles. The molecule has 1 aromatic carbocycles. The van der Waals surface area contributed by atoms with Crippen molar-refractivity contribution in [2.45, 2.75) is 71.1 Å². The number of hydrogen-bond acceptors (Lipinski definition) is 6. The maximum absolute atomic E-state index is 14.9. The Labute approximate surface area is 225 Å². The second kappa shape index (κ2) is 11.1. The molecule has 0 saturated carbocycles. The fourth-order valence-corrected chi connectivity index (χ4v) is 4.10. The lowest BCUT2D eigenvalue weighted by molar-refractivity contribution is -0.137. The van der Waals surface area contributed by atoms with E-state index in [4.69, 9.17) is 25.8 Å². The number of carbonyl (C=O) groups excluding carboxylic acids is 1. The second-order valence-corrected chi connectivity index (χ2v) is 10.8. The molecular weight excluding hydrogens is 551 g/mol. The highest BCUT2D eigenvalue weighted by Crippen LogP contribution is 2.47. The molecular formula is C26H26ClF5N2O5. The van der Waals surface area contributed by atoms with E-state index in [0.717, 1.165) is 12.1 Å². The third-order valence-corrected chi connectivity index (χ3v) is 6.36. The molecule has 0 bridgehead atoms. The fourth-order valence-electron chi connectivity index (χ4n) is 3.94. The van der Waals surface area contributed by atoms with Crippen molar-refractivity contribution in [2.75, 3.05) is 0 Å². The van der Waals surface area contributed by atoms with Crippen molar-refractivity contribution in [1.29, 1.82) is 0 Å². The van der Waals surface area contributed by atoms with Gasteiger partial charge in [-0.15, -0.1) is 0 Å². The molecule has 0 aliphatic heterocycles. The van der Waals surface area contributed by atoms with Crippen LogP contribution in [-0.2, 0) is 27.9 Å². The van der Waals surface area contributed by atoms with Crippen molar-refractivity contribution < 1.29 is 45.7 Å². The highest BCUT2D eigenvalue weighted by Gasteiger charge is 2.49. The minimum absolute atomic E-state index is 0.0122. The van der Waals surface area contributed by atoms with Crippen LogP contribution in [0.5, 0.6) is 0 Å². The zero-order valence-electron chi connectivity index (χ0n) is 21.5. The normalized spacial score (nSPS) is 13.5. The summed E-state index contributed by atoms with van der Waals surface area (Å²) < 4.78 is 83.3. The minimum Gasteiger partial charge on any atom is -0.481 e. The zero-order chi connectivity index (χ0) is 29.3. The average Bonchev–Trinajstić information content (AvgIpc) is 3.45. The standard InChI is InChI=1S/C26H26ClF5N2O5/c1-24(2,3)26(31,32)19-12-18(33-38-19)23-21(25(4,29)30)22(34-39-23)14(6-8-20(36)37)10-16(35)9-13-5-7-15(27)11-17(13)28/h5,7,11-12,14H,6,8-10H2,1-4H3,(H,36,37)/t14-/m0/s1. The number of nitrogens with zero attached hydrogens (tertiary/aromatic N) is 2. The van der Waals surface area contributed by atoms with Gasteiger partial charge in [0.2, 0.25) is 5.76 Å². The molecule has 0 aliphatic rings. The van der Waals surface area contributed by atoms with E-state index >= 15 is 0 Å². The van der Waals surface area contributed by atoms with Gasteiger partial charge in [-0.05, 0) is 24.1 Å². The minimum atomic E-state index is -3.66. The highest BCUT2D eigenvalue weighted by atomic mass is 35.5. The van der Waals surface area contributed by atoms with Crippen LogP contribution in [0.25, 0.3) is 11.5 Å².